The Hall–Kier alpha value is -2.71. The van der Waals surface area contributed by atoms with Crippen molar-refractivity contribution in [3.63, 3.8) is 0 Å². The van der Waals surface area contributed by atoms with Gasteiger partial charge in [-0.05, 0) is 62.3 Å². The smallest absolute Gasteiger partial charge is 0.338 e. The molecule has 7 nitrogen and oxygen atoms in total. The molecular weight excluding hydrogens is 414 g/mol. The fourth-order valence-electron chi connectivity index (χ4n) is 3.59. The second-order valence-electron chi connectivity index (χ2n) is 7.59. The third-order valence-electron chi connectivity index (χ3n) is 5.30. The fourth-order valence-corrected chi connectivity index (χ4v) is 4.57. The molecule has 8 heteroatoms. The molecule has 0 radical (unpaired) electrons. The predicted molar refractivity (Wildman–Crippen MR) is 118 cm³/mol. The van der Waals surface area contributed by atoms with Crippen LogP contribution in [0.25, 0.3) is 10.8 Å². The van der Waals surface area contributed by atoms with Crippen molar-refractivity contribution >= 4 is 17.3 Å². The lowest BCUT2D eigenvalue weighted by atomic mass is 10.2. The van der Waals surface area contributed by atoms with Crippen LogP contribution in [-0.2, 0) is 17.7 Å². The van der Waals surface area contributed by atoms with E-state index in [9.17, 15) is 4.79 Å². The molecule has 0 N–H and O–H groups in total. The first-order valence-electron chi connectivity index (χ1n) is 10.7. The monoisotopic (exact) mass is 441 g/mol. The number of aromatic nitrogens is 2. The maximum Gasteiger partial charge on any atom is 0.338 e. The van der Waals surface area contributed by atoms with Crippen LogP contribution in [0, 0.1) is 0 Å². The Morgan fingerprint density at radius 3 is 2.61 bits per heavy atom. The van der Waals surface area contributed by atoms with E-state index in [1.54, 1.807) is 42.7 Å². The largest absolute Gasteiger partial charge is 0.497 e. The molecule has 1 fully saturated rings. The molecule has 3 heterocycles. The van der Waals surface area contributed by atoms with E-state index in [4.69, 9.17) is 14.0 Å². The average molecular weight is 442 g/mol. The summed E-state index contributed by atoms with van der Waals surface area (Å²) in [6.45, 7) is 3.52. The molecule has 0 saturated carbocycles. The number of thiophene rings is 1. The summed E-state index contributed by atoms with van der Waals surface area (Å²) in [5.74, 6) is 1.35. The van der Waals surface area contributed by atoms with Gasteiger partial charge in [-0.1, -0.05) is 18.0 Å². The summed E-state index contributed by atoms with van der Waals surface area (Å²) in [6.07, 6.45) is 5.65. The molecule has 0 bridgehead atoms. The minimum absolute atomic E-state index is 0.189. The second kappa shape index (κ2) is 10.5. The Bertz CT molecular complexity index is 975. The van der Waals surface area contributed by atoms with E-state index in [-0.39, 0.29) is 12.6 Å². The summed E-state index contributed by atoms with van der Waals surface area (Å²) in [6, 6.07) is 11.0. The molecule has 4 rings (SSSR count). The Morgan fingerprint density at radius 2 is 1.87 bits per heavy atom. The van der Waals surface area contributed by atoms with Crippen molar-refractivity contribution in [1.82, 2.24) is 15.0 Å². The summed E-state index contributed by atoms with van der Waals surface area (Å²) in [7, 11) is 1.58. The highest BCUT2D eigenvalue weighted by Gasteiger charge is 2.15. The van der Waals surface area contributed by atoms with Crippen LogP contribution < -0.4 is 4.74 Å². The van der Waals surface area contributed by atoms with Crippen LogP contribution in [0.4, 0.5) is 0 Å². The van der Waals surface area contributed by atoms with Crippen molar-refractivity contribution < 1.29 is 18.8 Å². The van der Waals surface area contributed by atoms with Crippen LogP contribution in [0.1, 0.15) is 46.7 Å². The molecule has 1 aliphatic rings. The molecule has 1 aromatic carbocycles. The standard InChI is InChI=1S/C23H27N3O4S/c1-28-18-8-6-17(7-9-18)23(27)29-15-12-21-24-22(30-25-21)20-11-10-19(31-20)16-26-13-4-2-3-5-14-26/h6-11H,2-5,12-16H2,1H3. The van der Waals surface area contributed by atoms with Crippen LogP contribution in [-0.4, -0.2) is 47.8 Å². The maximum atomic E-state index is 12.1. The minimum Gasteiger partial charge on any atom is -0.497 e. The van der Waals surface area contributed by atoms with E-state index in [1.807, 2.05) is 6.07 Å². The van der Waals surface area contributed by atoms with Gasteiger partial charge < -0.3 is 14.0 Å². The lowest BCUT2D eigenvalue weighted by Crippen LogP contribution is -2.23. The molecule has 164 valence electrons. The van der Waals surface area contributed by atoms with Crippen LogP contribution in [0.15, 0.2) is 40.9 Å². The lowest BCUT2D eigenvalue weighted by molar-refractivity contribution is 0.0507. The minimum atomic E-state index is -0.386. The van der Waals surface area contributed by atoms with Gasteiger partial charge in [-0.15, -0.1) is 11.3 Å². The van der Waals surface area contributed by atoms with E-state index < -0.39 is 0 Å². The maximum absolute atomic E-state index is 12.1. The van der Waals surface area contributed by atoms with Crippen LogP contribution >= 0.6 is 11.3 Å². The Labute approximate surface area is 186 Å². The number of methoxy groups -OCH3 is 1. The van der Waals surface area contributed by atoms with Crippen LogP contribution in [0.3, 0.4) is 0 Å². The van der Waals surface area contributed by atoms with E-state index in [0.29, 0.717) is 29.4 Å². The summed E-state index contributed by atoms with van der Waals surface area (Å²) in [4.78, 5) is 21.4. The van der Waals surface area contributed by atoms with E-state index in [2.05, 4.69) is 21.1 Å². The third-order valence-corrected chi connectivity index (χ3v) is 6.36. The molecule has 3 aromatic rings. The topological polar surface area (TPSA) is 77.7 Å². The molecule has 0 spiro atoms. The Balaban J connectivity index is 1.27. The summed E-state index contributed by atoms with van der Waals surface area (Å²) >= 11 is 1.70. The number of hydrogen-bond acceptors (Lipinski definition) is 8. The third kappa shape index (κ3) is 5.92. The molecule has 0 atom stereocenters. The van der Waals surface area contributed by atoms with Crippen molar-refractivity contribution in [2.24, 2.45) is 0 Å². The van der Waals surface area contributed by atoms with E-state index in [1.165, 1.54) is 43.6 Å². The number of likely N-dealkylation sites (tertiary alicyclic amines) is 1. The van der Waals surface area contributed by atoms with E-state index in [0.717, 1.165) is 11.4 Å². The summed E-state index contributed by atoms with van der Waals surface area (Å²) < 4.78 is 15.8. The van der Waals surface area contributed by atoms with Gasteiger partial charge in [-0.3, -0.25) is 4.90 Å². The van der Waals surface area contributed by atoms with Crippen molar-refractivity contribution in [2.75, 3.05) is 26.8 Å². The first-order valence-corrected chi connectivity index (χ1v) is 11.5. The van der Waals surface area contributed by atoms with Crippen molar-refractivity contribution in [3.05, 3.63) is 52.7 Å². The zero-order chi connectivity index (χ0) is 21.5. The fraction of sp³-hybridized carbons (Fsp3) is 0.435. The first-order chi connectivity index (χ1) is 15.2. The van der Waals surface area contributed by atoms with E-state index >= 15 is 0 Å². The zero-order valence-corrected chi connectivity index (χ0v) is 18.5. The SMILES string of the molecule is COc1ccc(C(=O)OCCc2noc(-c3ccc(CN4CCCCCC4)s3)n2)cc1. The van der Waals surface area contributed by atoms with Gasteiger partial charge in [0.15, 0.2) is 5.82 Å². The highest BCUT2D eigenvalue weighted by atomic mass is 32.1. The van der Waals surface area contributed by atoms with Gasteiger partial charge in [0.2, 0.25) is 0 Å². The number of rotatable bonds is 8. The lowest BCUT2D eigenvalue weighted by Gasteiger charge is -2.18. The zero-order valence-electron chi connectivity index (χ0n) is 17.7. The predicted octanol–water partition coefficient (Wildman–Crippen LogP) is 4.58. The van der Waals surface area contributed by atoms with Crippen molar-refractivity contribution in [1.29, 1.82) is 0 Å². The molecule has 2 aromatic heterocycles. The molecular formula is C23H27N3O4S. The highest BCUT2D eigenvalue weighted by molar-refractivity contribution is 7.15. The average Bonchev–Trinajstić information content (AvgIpc) is 3.38. The number of ether oxygens (including phenoxy) is 2. The highest BCUT2D eigenvalue weighted by Crippen LogP contribution is 2.28. The number of nitrogens with zero attached hydrogens (tertiary/aromatic N) is 3. The number of hydrogen-bond donors (Lipinski definition) is 0. The number of carbonyl (C=O) groups is 1. The normalized spacial score (nSPS) is 14.9. The number of carbonyl (C=O) groups excluding carboxylic acids is 1. The van der Waals surface area contributed by atoms with Crippen molar-refractivity contribution in [3.8, 4) is 16.5 Å². The number of benzene rings is 1. The molecule has 1 saturated heterocycles. The molecule has 31 heavy (non-hydrogen) atoms. The van der Waals surface area contributed by atoms with Crippen molar-refractivity contribution in [2.45, 2.75) is 38.6 Å². The molecule has 0 aliphatic carbocycles. The molecule has 0 amide bonds. The van der Waals surface area contributed by atoms with Crippen LogP contribution in [0.5, 0.6) is 5.75 Å². The van der Waals surface area contributed by atoms with Gasteiger partial charge in [0.25, 0.3) is 5.89 Å². The van der Waals surface area contributed by atoms with Gasteiger partial charge in [-0.2, -0.15) is 4.98 Å². The second-order valence-corrected chi connectivity index (χ2v) is 8.75. The quantitative estimate of drug-likeness (QED) is 0.473. The Morgan fingerprint density at radius 1 is 1.10 bits per heavy atom. The number of esters is 1. The van der Waals surface area contributed by atoms with Gasteiger partial charge in [0, 0.05) is 17.8 Å². The Kier molecular flexibility index (Phi) is 7.32. The van der Waals surface area contributed by atoms with Gasteiger partial charge >= 0.3 is 5.97 Å². The van der Waals surface area contributed by atoms with Crippen LogP contribution in [0.2, 0.25) is 0 Å². The molecule has 0 unspecified atom stereocenters. The first kappa shape index (κ1) is 21.5. The van der Waals surface area contributed by atoms with Gasteiger partial charge in [-0.25, -0.2) is 4.79 Å². The molecule has 1 aliphatic heterocycles. The summed E-state index contributed by atoms with van der Waals surface area (Å²) in [5.41, 5.74) is 0.477. The summed E-state index contributed by atoms with van der Waals surface area (Å²) in [5, 5.41) is 4.02. The van der Waals surface area contributed by atoms with Gasteiger partial charge in [0.05, 0.1) is 24.2 Å². The van der Waals surface area contributed by atoms with Gasteiger partial charge in [0.1, 0.15) is 5.75 Å².